The first-order chi connectivity index (χ1) is 18.9. The van der Waals surface area contributed by atoms with E-state index in [1.165, 1.54) is 24.3 Å². The van der Waals surface area contributed by atoms with E-state index in [1.807, 2.05) is 0 Å². The van der Waals surface area contributed by atoms with Crippen molar-refractivity contribution in [2.24, 2.45) is 0 Å². The number of hydrogen-bond acceptors (Lipinski definition) is 8. The van der Waals surface area contributed by atoms with Crippen molar-refractivity contribution in [2.45, 2.75) is 27.7 Å². The molecule has 0 unspecified atom stereocenters. The van der Waals surface area contributed by atoms with Gasteiger partial charge < -0.3 is 39.6 Å². The predicted octanol–water partition coefficient (Wildman–Crippen LogP) is 1.05. The Bertz CT molecular complexity index is 1240. The molecule has 4 aromatic carbocycles. The quantitative estimate of drug-likeness (QED) is 0.280. The van der Waals surface area contributed by atoms with Gasteiger partial charge in [-0.25, -0.2) is 0 Å². The van der Waals surface area contributed by atoms with Crippen molar-refractivity contribution >= 4 is 51.2 Å². The summed E-state index contributed by atoms with van der Waals surface area (Å²) in [5, 5.41) is 41.2. The summed E-state index contributed by atoms with van der Waals surface area (Å²) in [6, 6.07) is 27.0. The van der Waals surface area contributed by atoms with Crippen LogP contribution < -0.4 is 20.4 Å². The molecule has 41 heavy (non-hydrogen) atoms. The Morgan fingerprint density at radius 2 is 0.512 bits per heavy atom. The largest absolute Gasteiger partial charge is 0.545 e. The molecule has 4 aromatic rings. The first-order valence-corrected chi connectivity index (χ1v) is 11.9. The monoisotopic (exact) mass is 748 g/mol. The molecule has 8 nitrogen and oxygen atoms in total. The van der Waals surface area contributed by atoms with Crippen molar-refractivity contribution in [3.05, 3.63) is 142 Å². The first-order valence-electron chi connectivity index (χ1n) is 11.9. The molecule has 0 spiro atoms. The van der Waals surface area contributed by atoms with Gasteiger partial charge in [0.1, 0.15) is 0 Å². The zero-order valence-electron chi connectivity index (χ0n) is 23.0. The average molecular weight is 748 g/mol. The van der Waals surface area contributed by atoms with Gasteiger partial charge in [-0.3, -0.25) is 0 Å². The van der Waals surface area contributed by atoms with Crippen molar-refractivity contribution in [3.8, 4) is 0 Å². The van der Waals surface area contributed by atoms with E-state index in [4.69, 9.17) is 0 Å². The minimum absolute atomic E-state index is 0. The van der Waals surface area contributed by atoms with Crippen molar-refractivity contribution in [2.75, 3.05) is 0 Å². The molecular formula is C32H28O8Pb-4. The van der Waals surface area contributed by atoms with Gasteiger partial charge >= 0.3 is 0 Å². The van der Waals surface area contributed by atoms with Crippen LogP contribution in [0.4, 0.5) is 0 Å². The van der Waals surface area contributed by atoms with Gasteiger partial charge in [-0.1, -0.05) is 97.1 Å². The summed E-state index contributed by atoms with van der Waals surface area (Å²) in [7, 11) is 0. The molecule has 4 rings (SSSR count). The van der Waals surface area contributed by atoms with Gasteiger partial charge in [-0.15, -0.1) is 0 Å². The molecule has 0 saturated heterocycles. The number of aromatic carboxylic acids is 4. The maximum Gasteiger partial charge on any atom is 0.0717 e. The number of aryl methyl sites for hydroxylation is 4. The van der Waals surface area contributed by atoms with Crippen LogP contribution in [0.5, 0.6) is 0 Å². The van der Waals surface area contributed by atoms with E-state index in [-0.39, 0.29) is 49.6 Å². The molecule has 0 N–H and O–H groups in total. The maximum atomic E-state index is 10.3. The predicted molar refractivity (Wildman–Crippen MR) is 148 cm³/mol. The molecule has 0 saturated carbocycles. The third-order valence-corrected chi connectivity index (χ3v) is 5.46. The fourth-order valence-corrected chi connectivity index (χ4v) is 3.21. The molecule has 0 atom stereocenters. The normalized spacial score (nSPS) is 9.07. The minimum atomic E-state index is -1.11. The summed E-state index contributed by atoms with van der Waals surface area (Å²) < 4.78 is 0. The van der Waals surface area contributed by atoms with Gasteiger partial charge in [0.25, 0.3) is 0 Å². The number of carboxylic acids is 4. The molecule has 0 amide bonds. The molecule has 9 heteroatoms. The summed E-state index contributed by atoms with van der Waals surface area (Å²) in [5.41, 5.74) is 4.02. The van der Waals surface area contributed by atoms with E-state index in [9.17, 15) is 39.6 Å². The number of hydrogen-bond donors (Lipinski definition) is 0. The zero-order valence-corrected chi connectivity index (χ0v) is 26.9. The van der Waals surface area contributed by atoms with Crippen molar-refractivity contribution in [1.82, 2.24) is 0 Å². The number of carboxylic acid groups (broad SMARTS) is 4. The molecule has 0 bridgehead atoms. The van der Waals surface area contributed by atoms with Gasteiger partial charge in [-0.2, -0.15) is 0 Å². The Morgan fingerprint density at radius 1 is 0.366 bits per heavy atom. The topological polar surface area (TPSA) is 161 Å². The molecule has 0 heterocycles. The zero-order chi connectivity index (χ0) is 30.2. The Morgan fingerprint density at radius 3 is 0.610 bits per heavy atom. The summed E-state index contributed by atoms with van der Waals surface area (Å²) in [4.78, 5) is 41.2. The number of rotatable bonds is 4. The molecule has 4 radical (unpaired) electrons. The van der Waals surface area contributed by atoms with E-state index in [2.05, 4.69) is 0 Å². The summed E-state index contributed by atoms with van der Waals surface area (Å²) >= 11 is 0. The Kier molecular flexibility index (Phi) is 16.9. The average Bonchev–Trinajstić information content (AvgIpc) is 2.90. The Balaban J connectivity index is 0.000000516. The second-order valence-corrected chi connectivity index (χ2v) is 8.41. The fraction of sp³-hybridized carbons (Fsp3) is 0.125. The van der Waals surface area contributed by atoms with E-state index >= 15 is 0 Å². The van der Waals surface area contributed by atoms with E-state index < -0.39 is 23.9 Å². The van der Waals surface area contributed by atoms with Crippen LogP contribution >= 0.6 is 0 Å². The molecule has 0 aliphatic heterocycles. The van der Waals surface area contributed by atoms with Gasteiger partial charge in [0, 0.05) is 49.6 Å². The maximum absolute atomic E-state index is 10.3. The Hall–Kier alpha value is -4.32. The second kappa shape index (κ2) is 18.9. The van der Waals surface area contributed by atoms with Crippen LogP contribution in [0.2, 0.25) is 0 Å². The molecular weight excluding hydrogens is 720 g/mol. The second-order valence-electron chi connectivity index (χ2n) is 8.41. The summed E-state index contributed by atoms with van der Waals surface area (Å²) in [6.45, 7) is 6.96. The van der Waals surface area contributed by atoms with Gasteiger partial charge in [0.2, 0.25) is 0 Å². The van der Waals surface area contributed by atoms with Crippen LogP contribution in [0.25, 0.3) is 0 Å². The minimum Gasteiger partial charge on any atom is -0.545 e. The summed E-state index contributed by atoms with van der Waals surface area (Å²) in [6.07, 6.45) is 0. The number of carbonyl (C=O) groups excluding carboxylic acids is 4. The number of carbonyl (C=O) groups is 4. The van der Waals surface area contributed by atoms with Crippen LogP contribution in [0.3, 0.4) is 0 Å². The van der Waals surface area contributed by atoms with Crippen molar-refractivity contribution in [3.63, 3.8) is 0 Å². The summed E-state index contributed by atoms with van der Waals surface area (Å²) in [5.74, 6) is -4.45. The SMILES string of the molecule is Cc1ccccc1C(=O)[O-].Cc1ccccc1C(=O)[O-].Cc1ccccc1C(=O)[O-].Cc1ccccc1C(=O)[O-].[Pb]. The van der Waals surface area contributed by atoms with Crippen LogP contribution in [-0.4, -0.2) is 51.2 Å². The van der Waals surface area contributed by atoms with Crippen LogP contribution in [0.1, 0.15) is 63.7 Å². The van der Waals surface area contributed by atoms with E-state index in [1.54, 1.807) is 100 Å². The molecule has 0 aliphatic rings. The van der Waals surface area contributed by atoms with Crippen molar-refractivity contribution < 1.29 is 39.6 Å². The fourth-order valence-electron chi connectivity index (χ4n) is 3.21. The molecule has 212 valence electrons. The molecule has 0 aromatic heterocycles. The van der Waals surface area contributed by atoms with Gasteiger partial charge in [0.05, 0.1) is 23.9 Å². The van der Waals surface area contributed by atoms with Crippen LogP contribution in [0, 0.1) is 27.7 Å². The molecule has 0 aliphatic carbocycles. The smallest absolute Gasteiger partial charge is 0.0717 e. The van der Waals surface area contributed by atoms with Gasteiger partial charge in [0.15, 0.2) is 0 Å². The van der Waals surface area contributed by atoms with Crippen LogP contribution in [0.15, 0.2) is 97.1 Å². The van der Waals surface area contributed by atoms with E-state index in [0.717, 1.165) is 22.3 Å². The number of benzene rings is 4. The van der Waals surface area contributed by atoms with Crippen molar-refractivity contribution in [1.29, 1.82) is 0 Å². The van der Waals surface area contributed by atoms with Gasteiger partial charge in [-0.05, 0) is 49.9 Å². The first kappa shape index (κ1) is 36.7. The standard InChI is InChI=1S/4C8H8O2.Pb/c4*1-6-4-2-3-5-7(6)8(9)10;/h4*2-5H,1H3,(H,9,10);/p-4. The Labute approximate surface area is 259 Å². The van der Waals surface area contributed by atoms with E-state index in [0.29, 0.717) is 0 Å². The third-order valence-electron chi connectivity index (χ3n) is 5.46. The third kappa shape index (κ3) is 13.1. The van der Waals surface area contributed by atoms with Crippen LogP contribution in [-0.2, 0) is 0 Å². The molecule has 0 fully saturated rings.